The summed E-state index contributed by atoms with van der Waals surface area (Å²) < 4.78 is 0. The van der Waals surface area contributed by atoms with Crippen molar-refractivity contribution in [2.24, 2.45) is 17.3 Å². The molecule has 2 bridgehead atoms. The summed E-state index contributed by atoms with van der Waals surface area (Å²) in [5, 5.41) is 20.5. The zero-order chi connectivity index (χ0) is 12.1. The third-order valence-corrected chi connectivity index (χ3v) is 4.69. The zero-order valence-corrected chi connectivity index (χ0v) is 9.63. The summed E-state index contributed by atoms with van der Waals surface area (Å²) in [6.45, 7) is 5.77. The van der Waals surface area contributed by atoms with Crippen molar-refractivity contribution in [3.05, 3.63) is 10.1 Å². The summed E-state index contributed by atoms with van der Waals surface area (Å²) in [5.74, 6) is 0.409. The van der Waals surface area contributed by atoms with Crippen LogP contribution in [0.3, 0.4) is 0 Å². The van der Waals surface area contributed by atoms with E-state index >= 15 is 0 Å². The largest absolute Gasteiger partial charge is 0.307 e. The molecule has 3 fully saturated rings. The van der Waals surface area contributed by atoms with Gasteiger partial charge in [0.15, 0.2) is 0 Å². The number of fused-ring (bicyclic) bond motifs is 2. The molecule has 0 amide bonds. The normalized spacial score (nSPS) is 44.6. The minimum Gasteiger partial charge on any atom is -0.307 e. The predicted octanol–water partition coefficient (Wildman–Crippen LogP) is 1.75. The highest BCUT2D eigenvalue weighted by Gasteiger charge is 2.66. The Hall–Kier alpha value is -0.880. The predicted molar refractivity (Wildman–Crippen MR) is 52.0 cm³/mol. The van der Waals surface area contributed by atoms with Gasteiger partial charge in [-0.25, -0.2) is 0 Å². The van der Waals surface area contributed by atoms with Gasteiger partial charge in [0.25, 0.3) is 5.09 Å². The highest BCUT2D eigenvalue weighted by atomic mass is 17.1. The van der Waals surface area contributed by atoms with Gasteiger partial charge in [-0.2, -0.15) is 4.89 Å². The van der Waals surface area contributed by atoms with Crippen LogP contribution in [0.1, 0.15) is 33.6 Å². The van der Waals surface area contributed by atoms with E-state index in [1.807, 2.05) is 0 Å². The molecule has 3 aliphatic carbocycles. The van der Waals surface area contributed by atoms with Crippen LogP contribution in [0.2, 0.25) is 0 Å². The van der Waals surface area contributed by atoms with E-state index in [1.54, 1.807) is 6.92 Å². The fourth-order valence-electron chi connectivity index (χ4n) is 3.47. The van der Waals surface area contributed by atoms with Crippen molar-refractivity contribution in [3.63, 3.8) is 0 Å². The highest BCUT2D eigenvalue weighted by molar-refractivity contribution is 5.13. The molecule has 91 valence electrons. The number of rotatable bonds is 3. The second-order valence-electron chi connectivity index (χ2n) is 5.63. The number of hydrogen-bond acceptors (Lipinski definition) is 4. The maximum atomic E-state index is 10.9. The van der Waals surface area contributed by atoms with Crippen LogP contribution in [-0.2, 0) is 15.0 Å². The molecule has 0 N–H and O–H groups in total. The van der Waals surface area contributed by atoms with E-state index in [2.05, 4.69) is 23.6 Å². The lowest BCUT2D eigenvalue weighted by molar-refractivity contribution is -0.777. The van der Waals surface area contributed by atoms with Gasteiger partial charge in [0.1, 0.15) is 11.7 Å². The fourth-order valence-corrected chi connectivity index (χ4v) is 3.47. The summed E-state index contributed by atoms with van der Waals surface area (Å²) in [6, 6.07) is 0. The second kappa shape index (κ2) is 3.30. The first-order valence-electron chi connectivity index (χ1n) is 5.44. The molecule has 0 aromatic heterocycles. The molecule has 0 saturated heterocycles. The third kappa shape index (κ3) is 1.33. The highest BCUT2D eigenvalue weighted by Crippen LogP contribution is 2.64. The van der Waals surface area contributed by atoms with Gasteiger partial charge in [0.2, 0.25) is 0 Å². The molecule has 0 aromatic rings. The minimum atomic E-state index is -1.09. The Morgan fingerprint density at radius 2 is 1.94 bits per heavy atom. The minimum absolute atomic E-state index is 0.00954. The van der Waals surface area contributed by atoms with Gasteiger partial charge in [-0.05, 0) is 42.3 Å². The molecular weight excluding hydrogens is 214 g/mol. The van der Waals surface area contributed by atoms with E-state index in [-0.39, 0.29) is 11.3 Å². The van der Waals surface area contributed by atoms with Gasteiger partial charge in [-0.3, -0.25) is 0 Å². The maximum Gasteiger partial charge on any atom is 0.294 e. The summed E-state index contributed by atoms with van der Waals surface area (Å²) in [6.07, 6.45) is 0.670. The molecule has 1 radical (unpaired) electrons. The van der Waals surface area contributed by atoms with Gasteiger partial charge in [-0.15, -0.1) is 10.1 Å². The van der Waals surface area contributed by atoms with Crippen LogP contribution in [0.15, 0.2) is 0 Å². The monoisotopic (exact) mass is 230 g/mol. The molecule has 0 aliphatic heterocycles. The third-order valence-electron chi connectivity index (χ3n) is 4.69. The summed E-state index contributed by atoms with van der Waals surface area (Å²) >= 11 is 0. The maximum absolute atomic E-state index is 10.9. The topological polar surface area (TPSA) is 81.5 Å². The molecule has 0 spiro atoms. The fraction of sp³-hybridized carbons (Fsp3) is 1.00. The molecule has 0 heterocycles. The Labute approximate surface area is 93.6 Å². The first kappa shape index (κ1) is 11.6. The quantitative estimate of drug-likeness (QED) is 0.420. The van der Waals surface area contributed by atoms with Crippen molar-refractivity contribution in [2.45, 2.75) is 45.3 Å². The van der Waals surface area contributed by atoms with Crippen molar-refractivity contribution in [2.75, 3.05) is 0 Å². The molecule has 6 heteroatoms. The Kier molecular flexibility index (Phi) is 2.40. The van der Waals surface area contributed by atoms with Crippen molar-refractivity contribution in [3.8, 4) is 0 Å². The number of hydrogen-bond donors (Lipinski definition) is 0. The summed E-state index contributed by atoms with van der Waals surface area (Å²) in [7, 11) is 0. The van der Waals surface area contributed by atoms with E-state index in [0.29, 0.717) is 12.3 Å². The van der Waals surface area contributed by atoms with Crippen LogP contribution < -0.4 is 0 Å². The summed E-state index contributed by atoms with van der Waals surface area (Å²) in [4.78, 5) is 19.3. The van der Waals surface area contributed by atoms with E-state index in [4.69, 9.17) is 0 Å². The lowest BCUT2D eigenvalue weighted by Gasteiger charge is -2.64. The Balaban J connectivity index is 2.22. The zero-order valence-electron chi connectivity index (χ0n) is 9.63. The Morgan fingerprint density at radius 3 is 2.38 bits per heavy atom. The molecule has 3 saturated carbocycles. The van der Waals surface area contributed by atoms with Gasteiger partial charge in [0.05, 0.1) is 0 Å². The lowest BCUT2D eigenvalue weighted by Crippen LogP contribution is -2.67. The van der Waals surface area contributed by atoms with Gasteiger partial charge < -0.3 is 4.84 Å². The lowest BCUT2D eigenvalue weighted by atomic mass is 9.43. The average Bonchev–Trinajstić information content (AvgIpc) is 2.19. The Bertz CT molecular complexity index is 318. The molecule has 0 unspecified atom stereocenters. The SMILES string of the molecule is CC1(C)[C@H]2C[C@H](O[N+](=O)[O-])[C@](C)(O[O])[C@@H]1C2. The van der Waals surface area contributed by atoms with Crippen LogP contribution in [0.25, 0.3) is 0 Å². The first-order valence-corrected chi connectivity index (χ1v) is 5.44. The standard InChI is InChI=1S/C10H16NO5/c1-9(2)6-4-7(9)10(3,16-14)8(5-6)15-11(12)13/h6-8H,4-5H2,1-3H3/t6-,7-,8+,10-/m1/s1. The van der Waals surface area contributed by atoms with Crippen LogP contribution in [0.5, 0.6) is 0 Å². The molecule has 6 nitrogen and oxygen atoms in total. The van der Waals surface area contributed by atoms with Crippen molar-refractivity contribution < 1.29 is 20.1 Å². The molecule has 4 atom stereocenters. The molecular formula is C10H16NO5. The molecule has 3 rings (SSSR count). The van der Waals surface area contributed by atoms with Crippen molar-refractivity contribution in [1.29, 1.82) is 0 Å². The van der Waals surface area contributed by atoms with Crippen LogP contribution >= 0.6 is 0 Å². The van der Waals surface area contributed by atoms with Gasteiger partial charge in [-0.1, -0.05) is 13.8 Å². The van der Waals surface area contributed by atoms with Crippen LogP contribution in [0, 0.1) is 27.4 Å². The van der Waals surface area contributed by atoms with Crippen LogP contribution in [0.4, 0.5) is 0 Å². The number of nitrogens with zero attached hydrogens (tertiary/aromatic N) is 1. The van der Waals surface area contributed by atoms with E-state index in [0.717, 1.165) is 6.42 Å². The smallest absolute Gasteiger partial charge is 0.294 e. The van der Waals surface area contributed by atoms with Crippen molar-refractivity contribution in [1.82, 2.24) is 0 Å². The second-order valence-corrected chi connectivity index (χ2v) is 5.63. The van der Waals surface area contributed by atoms with E-state index < -0.39 is 16.8 Å². The first-order chi connectivity index (χ1) is 7.32. The molecule has 0 aromatic carbocycles. The summed E-state index contributed by atoms with van der Waals surface area (Å²) in [5.41, 5.74) is -1.08. The molecule has 16 heavy (non-hydrogen) atoms. The van der Waals surface area contributed by atoms with E-state index in [9.17, 15) is 15.4 Å². The van der Waals surface area contributed by atoms with E-state index in [1.165, 1.54) is 0 Å². The van der Waals surface area contributed by atoms with Crippen molar-refractivity contribution >= 4 is 0 Å². The van der Waals surface area contributed by atoms with Crippen LogP contribution in [-0.4, -0.2) is 16.8 Å². The Morgan fingerprint density at radius 1 is 1.31 bits per heavy atom. The molecule has 3 aliphatic rings. The average molecular weight is 230 g/mol. The van der Waals surface area contributed by atoms with Gasteiger partial charge >= 0.3 is 0 Å². The van der Waals surface area contributed by atoms with Gasteiger partial charge in [0, 0.05) is 0 Å².